The van der Waals surface area contributed by atoms with Crippen molar-refractivity contribution in [1.29, 1.82) is 0 Å². The summed E-state index contributed by atoms with van der Waals surface area (Å²) in [7, 11) is 1.66. The lowest BCUT2D eigenvalue weighted by Crippen LogP contribution is -2.51. The quantitative estimate of drug-likeness (QED) is 0.883. The molecule has 6 nitrogen and oxygen atoms in total. The molecule has 2 amide bonds. The third kappa shape index (κ3) is 4.37. The number of nitrogens with zero attached hydrogens (tertiary/aromatic N) is 2. The molecular formula is C17H25N3O3. The summed E-state index contributed by atoms with van der Waals surface area (Å²) in [4.78, 5) is 27.7. The lowest BCUT2D eigenvalue weighted by Gasteiger charge is -2.36. The Kier molecular flexibility index (Phi) is 5.84. The Hall–Kier alpha value is -2.24. The van der Waals surface area contributed by atoms with Crippen LogP contribution in [0.2, 0.25) is 0 Å². The first-order chi connectivity index (χ1) is 11.0. The molecule has 0 bridgehead atoms. The van der Waals surface area contributed by atoms with E-state index in [1.54, 1.807) is 12.0 Å². The molecule has 6 heteroatoms. The summed E-state index contributed by atoms with van der Waals surface area (Å²) >= 11 is 0. The minimum Gasteiger partial charge on any atom is -0.495 e. The van der Waals surface area contributed by atoms with Crippen LogP contribution in [0.3, 0.4) is 0 Å². The predicted octanol–water partition coefficient (Wildman–Crippen LogP) is 1.12. The maximum atomic E-state index is 12.2. The number of para-hydroxylation sites is 2. The molecule has 1 aliphatic rings. The Balaban J connectivity index is 1.86. The van der Waals surface area contributed by atoms with Crippen LogP contribution in [0.4, 0.5) is 5.69 Å². The fourth-order valence-corrected chi connectivity index (χ4v) is 2.57. The van der Waals surface area contributed by atoms with Gasteiger partial charge in [-0.25, -0.2) is 0 Å². The Labute approximate surface area is 137 Å². The van der Waals surface area contributed by atoms with Crippen LogP contribution in [0, 0.1) is 5.92 Å². The minimum atomic E-state index is -0.106. The zero-order valence-corrected chi connectivity index (χ0v) is 14.0. The van der Waals surface area contributed by atoms with Crippen molar-refractivity contribution < 1.29 is 14.3 Å². The number of nitrogens with one attached hydrogen (secondary N) is 1. The van der Waals surface area contributed by atoms with E-state index in [1.165, 1.54) is 0 Å². The molecule has 1 aliphatic heterocycles. The summed E-state index contributed by atoms with van der Waals surface area (Å²) in [5.74, 6) is 0.617. The second-order valence-corrected chi connectivity index (χ2v) is 5.91. The summed E-state index contributed by atoms with van der Waals surface area (Å²) < 4.78 is 5.39. The number of carbonyl (C=O) groups excluding carboxylic acids is 2. The van der Waals surface area contributed by atoms with E-state index in [0.717, 1.165) is 24.5 Å². The van der Waals surface area contributed by atoms with Gasteiger partial charge in [0.2, 0.25) is 11.8 Å². The second-order valence-electron chi connectivity index (χ2n) is 5.91. The largest absolute Gasteiger partial charge is 0.495 e. The fraction of sp³-hybridized carbons (Fsp3) is 0.529. The molecule has 0 spiro atoms. The monoisotopic (exact) mass is 319 g/mol. The normalized spacial score (nSPS) is 14.8. The highest BCUT2D eigenvalue weighted by atomic mass is 16.5. The van der Waals surface area contributed by atoms with Gasteiger partial charge in [-0.05, 0) is 12.1 Å². The molecule has 0 unspecified atom stereocenters. The minimum absolute atomic E-state index is 0.0290. The van der Waals surface area contributed by atoms with Gasteiger partial charge < -0.3 is 19.9 Å². The SMILES string of the molecule is COc1ccccc1N1CCN(C(=O)CNC(=O)C(C)C)CC1. The number of ether oxygens (including phenoxy) is 1. The maximum absolute atomic E-state index is 12.2. The van der Waals surface area contributed by atoms with Crippen LogP contribution >= 0.6 is 0 Å². The van der Waals surface area contributed by atoms with E-state index in [4.69, 9.17) is 4.74 Å². The number of amides is 2. The van der Waals surface area contributed by atoms with Gasteiger partial charge >= 0.3 is 0 Å². The van der Waals surface area contributed by atoms with Gasteiger partial charge in [0.1, 0.15) is 5.75 Å². The van der Waals surface area contributed by atoms with Crippen LogP contribution in [-0.4, -0.2) is 56.5 Å². The molecule has 2 rings (SSSR count). The van der Waals surface area contributed by atoms with E-state index in [-0.39, 0.29) is 24.3 Å². The number of anilines is 1. The van der Waals surface area contributed by atoms with E-state index in [2.05, 4.69) is 10.2 Å². The van der Waals surface area contributed by atoms with Crippen molar-refractivity contribution in [3.8, 4) is 5.75 Å². The molecule has 1 N–H and O–H groups in total. The predicted molar refractivity (Wildman–Crippen MR) is 89.6 cm³/mol. The average molecular weight is 319 g/mol. The molecule has 23 heavy (non-hydrogen) atoms. The molecule has 126 valence electrons. The average Bonchev–Trinajstić information content (AvgIpc) is 2.59. The summed E-state index contributed by atoms with van der Waals surface area (Å²) in [6.45, 7) is 6.50. The summed E-state index contributed by atoms with van der Waals surface area (Å²) in [6, 6.07) is 7.89. The van der Waals surface area contributed by atoms with Crippen molar-refractivity contribution in [3.63, 3.8) is 0 Å². The van der Waals surface area contributed by atoms with Crippen molar-refractivity contribution >= 4 is 17.5 Å². The Morgan fingerprint density at radius 3 is 2.43 bits per heavy atom. The van der Waals surface area contributed by atoms with Crippen molar-refractivity contribution in [2.45, 2.75) is 13.8 Å². The van der Waals surface area contributed by atoms with Crippen LogP contribution in [0.25, 0.3) is 0 Å². The number of benzene rings is 1. The number of rotatable bonds is 5. The zero-order chi connectivity index (χ0) is 16.8. The van der Waals surface area contributed by atoms with Crippen molar-refractivity contribution in [2.24, 2.45) is 5.92 Å². The molecule has 0 saturated carbocycles. The van der Waals surface area contributed by atoms with Gasteiger partial charge in [-0.2, -0.15) is 0 Å². The molecule has 1 aromatic carbocycles. The summed E-state index contributed by atoms with van der Waals surface area (Å²) in [5.41, 5.74) is 1.05. The van der Waals surface area contributed by atoms with Crippen LogP contribution in [0.1, 0.15) is 13.8 Å². The molecule has 1 aromatic rings. The van der Waals surface area contributed by atoms with Crippen molar-refractivity contribution in [1.82, 2.24) is 10.2 Å². The summed E-state index contributed by atoms with van der Waals surface area (Å²) in [5, 5.41) is 2.68. The van der Waals surface area contributed by atoms with Gasteiger partial charge in [0, 0.05) is 32.1 Å². The molecular weight excluding hydrogens is 294 g/mol. The highest BCUT2D eigenvalue weighted by molar-refractivity contribution is 5.85. The van der Waals surface area contributed by atoms with Crippen molar-refractivity contribution in [3.05, 3.63) is 24.3 Å². The smallest absolute Gasteiger partial charge is 0.242 e. The Morgan fingerprint density at radius 1 is 1.17 bits per heavy atom. The third-order valence-electron chi connectivity index (χ3n) is 4.00. The van der Waals surface area contributed by atoms with Crippen molar-refractivity contribution in [2.75, 3.05) is 44.7 Å². The van der Waals surface area contributed by atoms with E-state index in [1.807, 2.05) is 38.1 Å². The maximum Gasteiger partial charge on any atom is 0.242 e. The van der Waals surface area contributed by atoms with E-state index < -0.39 is 0 Å². The molecule has 0 radical (unpaired) electrons. The third-order valence-corrected chi connectivity index (χ3v) is 4.00. The molecule has 0 atom stereocenters. The van der Waals surface area contributed by atoms with Crippen LogP contribution < -0.4 is 15.0 Å². The lowest BCUT2D eigenvalue weighted by molar-refractivity contribution is -0.133. The van der Waals surface area contributed by atoms with E-state index in [9.17, 15) is 9.59 Å². The molecule has 0 aromatic heterocycles. The first-order valence-electron chi connectivity index (χ1n) is 7.96. The number of piperazine rings is 1. The first-order valence-corrected chi connectivity index (χ1v) is 7.96. The lowest BCUT2D eigenvalue weighted by atomic mass is 10.2. The molecule has 1 heterocycles. The standard InChI is InChI=1S/C17H25N3O3/c1-13(2)17(22)18-12-16(21)20-10-8-19(9-11-20)14-6-4-5-7-15(14)23-3/h4-7,13H,8-12H2,1-3H3,(H,18,22). The molecule has 1 saturated heterocycles. The summed E-state index contributed by atoms with van der Waals surface area (Å²) in [6.07, 6.45) is 0. The number of carbonyl (C=O) groups is 2. The van der Waals surface area contributed by atoms with Crippen LogP contribution in [-0.2, 0) is 9.59 Å². The highest BCUT2D eigenvalue weighted by Crippen LogP contribution is 2.28. The zero-order valence-electron chi connectivity index (χ0n) is 14.0. The van der Waals surface area contributed by atoms with Gasteiger partial charge in [0.05, 0.1) is 19.3 Å². The van der Waals surface area contributed by atoms with E-state index in [0.29, 0.717) is 13.1 Å². The first kappa shape index (κ1) is 17.1. The van der Waals surface area contributed by atoms with Gasteiger partial charge in [-0.1, -0.05) is 26.0 Å². The number of hydrogen-bond acceptors (Lipinski definition) is 4. The second kappa shape index (κ2) is 7.85. The van der Waals surface area contributed by atoms with Gasteiger partial charge in [-0.15, -0.1) is 0 Å². The van der Waals surface area contributed by atoms with Crippen LogP contribution in [0.15, 0.2) is 24.3 Å². The Morgan fingerprint density at radius 2 is 1.83 bits per heavy atom. The van der Waals surface area contributed by atoms with E-state index >= 15 is 0 Å². The fourth-order valence-electron chi connectivity index (χ4n) is 2.57. The molecule has 0 aliphatic carbocycles. The van der Waals surface area contributed by atoms with Crippen LogP contribution in [0.5, 0.6) is 5.75 Å². The number of methoxy groups -OCH3 is 1. The Bertz CT molecular complexity index is 552. The highest BCUT2D eigenvalue weighted by Gasteiger charge is 2.23. The van der Waals surface area contributed by atoms with Gasteiger partial charge in [0.25, 0.3) is 0 Å². The number of hydrogen-bond donors (Lipinski definition) is 1. The van der Waals surface area contributed by atoms with Gasteiger partial charge in [0.15, 0.2) is 0 Å². The molecule has 1 fully saturated rings. The topological polar surface area (TPSA) is 61.9 Å². The van der Waals surface area contributed by atoms with Gasteiger partial charge in [-0.3, -0.25) is 9.59 Å².